The topological polar surface area (TPSA) is 87.7 Å². The van der Waals surface area contributed by atoms with Gasteiger partial charge in [0, 0.05) is 25.5 Å². The van der Waals surface area contributed by atoms with Crippen LogP contribution < -0.4 is 4.72 Å². The molecule has 0 aliphatic heterocycles. The Bertz CT molecular complexity index is 1030. The molecule has 1 heterocycles. The second-order valence-corrected chi connectivity index (χ2v) is 7.88. The molecule has 0 saturated heterocycles. The summed E-state index contributed by atoms with van der Waals surface area (Å²) in [6.45, 7) is 2.01. The van der Waals surface area contributed by atoms with Crippen LogP contribution in [0.25, 0.3) is 0 Å². The number of aromatic nitrogens is 3. The van der Waals surface area contributed by atoms with Gasteiger partial charge in [-0.1, -0.05) is 29.8 Å². The highest BCUT2D eigenvalue weighted by Crippen LogP contribution is 2.13. The van der Waals surface area contributed by atoms with Crippen LogP contribution >= 0.6 is 0 Å². The number of aromatic amines is 1. The smallest absolute Gasteiger partial charge is 0.240 e. The van der Waals surface area contributed by atoms with Crippen LogP contribution in [-0.2, 0) is 22.9 Å². The Labute approximate surface area is 155 Å². The zero-order chi connectivity index (χ0) is 19.4. The lowest BCUT2D eigenvalue weighted by molar-refractivity contribution is 0.561. The molecule has 0 atom stereocenters. The number of hydrogen-bond acceptors (Lipinski definition) is 4. The average Bonchev–Trinajstić information content (AvgIpc) is 3.01. The van der Waals surface area contributed by atoms with Gasteiger partial charge in [-0.05, 0) is 24.6 Å². The van der Waals surface area contributed by atoms with E-state index in [2.05, 4.69) is 26.0 Å². The normalized spacial score (nSPS) is 11.7. The number of H-pyrrole nitrogens is 1. The maximum absolute atomic E-state index is 13.2. The zero-order valence-electron chi connectivity index (χ0n) is 14.5. The highest BCUT2D eigenvalue weighted by atomic mass is 32.2. The van der Waals surface area contributed by atoms with E-state index in [0.717, 1.165) is 23.3 Å². The van der Waals surface area contributed by atoms with Crippen molar-refractivity contribution in [1.29, 1.82) is 0 Å². The number of nitrogens with zero attached hydrogens (tertiary/aromatic N) is 2. The summed E-state index contributed by atoms with van der Waals surface area (Å²) in [7, 11) is -4.02. The molecule has 2 N–H and O–H groups in total. The summed E-state index contributed by atoms with van der Waals surface area (Å²) in [5, 5.41) is 6.89. The Hall–Kier alpha value is -2.65. The number of nitrogens with one attached hydrogen (secondary N) is 2. The molecule has 3 rings (SSSR count). The van der Waals surface area contributed by atoms with Crippen molar-refractivity contribution in [2.45, 2.75) is 24.7 Å². The molecule has 0 spiro atoms. The summed E-state index contributed by atoms with van der Waals surface area (Å²) in [6.07, 6.45) is 0.824. The molecule has 6 nitrogen and oxygen atoms in total. The van der Waals surface area contributed by atoms with Crippen LogP contribution in [0.4, 0.5) is 8.78 Å². The van der Waals surface area contributed by atoms with Gasteiger partial charge in [-0.3, -0.25) is 5.10 Å². The molecule has 0 bridgehead atoms. The second kappa shape index (κ2) is 7.93. The van der Waals surface area contributed by atoms with Gasteiger partial charge in [0.15, 0.2) is 5.82 Å². The van der Waals surface area contributed by atoms with Crippen molar-refractivity contribution < 1.29 is 17.2 Å². The van der Waals surface area contributed by atoms with Gasteiger partial charge in [0.05, 0.1) is 4.90 Å². The first kappa shape index (κ1) is 19.1. The SMILES string of the molecule is Cc1cccc(Cc2nc(CCNS(=O)(=O)c3cc(F)cc(F)c3)n[nH]2)c1. The van der Waals surface area contributed by atoms with Gasteiger partial charge < -0.3 is 0 Å². The summed E-state index contributed by atoms with van der Waals surface area (Å²) < 4.78 is 52.9. The molecule has 0 aliphatic rings. The molecule has 1 aromatic heterocycles. The third kappa shape index (κ3) is 5.18. The van der Waals surface area contributed by atoms with E-state index >= 15 is 0 Å². The predicted molar refractivity (Wildman–Crippen MR) is 95.6 cm³/mol. The van der Waals surface area contributed by atoms with Crippen LogP contribution in [0, 0.1) is 18.6 Å². The fourth-order valence-corrected chi connectivity index (χ4v) is 3.68. The van der Waals surface area contributed by atoms with Crippen LogP contribution in [0.2, 0.25) is 0 Å². The molecule has 27 heavy (non-hydrogen) atoms. The van der Waals surface area contributed by atoms with E-state index in [4.69, 9.17) is 0 Å². The molecule has 0 unspecified atom stereocenters. The van der Waals surface area contributed by atoms with Crippen molar-refractivity contribution in [3.8, 4) is 0 Å². The molecule has 9 heteroatoms. The predicted octanol–water partition coefficient (Wildman–Crippen LogP) is 2.50. The Morgan fingerprint density at radius 2 is 1.85 bits per heavy atom. The van der Waals surface area contributed by atoms with Gasteiger partial charge in [-0.25, -0.2) is 26.9 Å². The summed E-state index contributed by atoms with van der Waals surface area (Å²) in [6, 6.07) is 10.1. The Kier molecular flexibility index (Phi) is 5.62. The lowest BCUT2D eigenvalue weighted by atomic mass is 10.1. The summed E-state index contributed by atoms with van der Waals surface area (Å²) in [5.74, 6) is -0.785. The van der Waals surface area contributed by atoms with Crippen molar-refractivity contribution in [3.63, 3.8) is 0 Å². The highest BCUT2D eigenvalue weighted by Gasteiger charge is 2.16. The van der Waals surface area contributed by atoms with Crippen molar-refractivity contribution in [2.24, 2.45) is 0 Å². The number of hydrogen-bond donors (Lipinski definition) is 2. The number of benzene rings is 2. The standard InChI is InChI=1S/C18H18F2N4O2S/c1-12-3-2-4-13(7-12)8-18-22-17(23-24-18)5-6-21-27(25,26)16-10-14(19)9-15(20)11-16/h2-4,7,9-11,21H,5-6,8H2,1H3,(H,22,23,24). The monoisotopic (exact) mass is 392 g/mol. The van der Waals surface area contributed by atoms with E-state index < -0.39 is 26.6 Å². The molecule has 142 valence electrons. The maximum atomic E-state index is 13.2. The second-order valence-electron chi connectivity index (χ2n) is 6.12. The molecule has 0 aliphatic carbocycles. The molecule has 0 radical (unpaired) electrons. The Balaban J connectivity index is 1.58. The minimum Gasteiger partial charge on any atom is -0.263 e. The van der Waals surface area contributed by atoms with Gasteiger partial charge in [0.2, 0.25) is 10.0 Å². The molecule has 3 aromatic rings. The van der Waals surface area contributed by atoms with Crippen LogP contribution in [-0.4, -0.2) is 30.1 Å². The maximum Gasteiger partial charge on any atom is 0.240 e. The average molecular weight is 392 g/mol. The van der Waals surface area contributed by atoms with Crippen molar-refractivity contribution in [2.75, 3.05) is 6.54 Å². The minimum absolute atomic E-state index is 0.00219. The zero-order valence-corrected chi connectivity index (χ0v) is 15.4. The lowest BCUT2D eigenvalue weighted by Crippen LogP contribution is -2.26. The van der Waals surface area contributed by atoms with Crippen LogP contribution in [0.3, 0.4) is 0 Å². The summed E-state index contributed by atoms with van der Waals surface area (Å²) in [5.41, 5.74) is 2.24. The molecule has 0 amide bonds. The van der Waals surface area contributed by atoms with Gasteiger partial charge in [-0.2, -0.15) is 5.10 Å². The Morgan fingerprint density at radius 1 is 1.11 bits per heavy atom. The third-order valence-corrected chi connectivity index (χ3v) is 5.26. The van der Waals surface area contributed by atoms with Gasteiger partial charge in [0.25, 0.3) is 0 Å². The van der Waals surface area contributed by atoms with E-state index in [0.29, 0.717) is 24.1 Å². The van der Waals surface area contributed by atoms with Gasteiger partial charge in [-0.15, -0.1) is 0 Å². The quantitative estimate of drug-likeness (QED) is 0.647. The van der Waals surface area contributed by atoms with E-state index in [1.165, 1.54) is 0 Å². The third-order valence-electron chi connectivity index (χ3n) is 3.82. The van der Waals surface area contributed by atoms with Crippen LogP contribution in [0.5, 0.6) is 0 Å². The van der Waals surface area contributed by atoms with Gasteiger partial charge >= 0.3 is 0 Å². The first-order valence-corrected chi connectivity index (χ1v) is 9.71. The number of sulfonamides is 1. The Morgan fingerprint density at radius 3 is 2.56 bits per heavy atom. The largest absolute Gasteiger partial charge is 0.263 e. The first-order chi connectivity index (χ1) is 12.8. The number of halogens is 2. The van der Waals surface area contributed by atoms with E-state index in [9.17, 15) is 17.2 Å². The summed E-state index contributed by atoms with van der Waals surface area (Å²) >= 11 is 0. The number of rotatable bonds is 7. The van der Waals surface area contributed by atoms with Crippen molar-refractivity contribution in [3.05, 3.63) is 76.9 Å². The number of aryl methyl sites for hydroxylation is 1. The van der Waals surface area contributed by atoms with Crippen molar-refractivity contribution >= 4 is 10.0 Å². The molecular weight excluding hydrogens is 374 g/mol. The van der Waals surface area contributed by atoms with Crippen LogP contribution in [0.1, 0.15) is 22.8 Å². The lowest BCUT2D eigenvalue weighted by Gasteiger charge is -2.06. The molecule has 0 fully saturated rings. The minimum atomic E-state index is -4.02. The van der Waals surface area contributed by atoms with E-state index in [1.807, 2.05) is 25.1 Å². The van der Waals surface area contributed by atoms with E-state index in [-0.39, 0.29) is 13.0 Å². The highest BCUT2D eigenvalue weighted by molar-refractivity contribution is 7.89. The van der Waals surface area contributed by atoms with Crippen LogP contribution in [0.15, 0.2) is 47.4 Å². The first-order valence-electron chi connectivity index (χ1n) is 8.23. The fraction of sp³-hybridized carbons (Fsp3) is 0.222. The molecule has 0 saturated carbocycles. The summed E-state index contributed by atoms with van der Waals surface area (Å²) in [4.78, 5) is 3.87. The molecular formula is C18H18F2N4O2S. The fourth-order valence-electron chi connectivity index (χ4n) is 2.61. The van der Waals surface area contributed by atoms with Gasteiger partial charge in [0.1, 0.15) is 17.5 Å². The van der Waals surface area contributed by atoms with Crippen molar-refractivity contribution in [1.82, 2.24) is 19.9 Å². The van der Waals surface area contributed by atoms with E-state index in [1.54, 1.807) is 0 Å². The molecule has 2 aromatic carbocycles.